The molecule has 3 heteroatoms. The van der Waals surface area contributed by atoms with Crippen LogP contribution in [0.4, 0.5) is 5.69 Å². The van der Waals surface area contributed by atoms with E-state index in [0.29, 0.717) is 0 Å². The number of hydrogen-bond acceptors (Lipinski definition) is 3. The molecule has 1 aliphatic heterocycles. The second kappa shape index (κ2) is 6.73. The second-order valence-electron chi connectivity index (χ2n) is 5.43. The standard InChI is InChI=1S/C17H23N3/c1-2-5-16-14-17(7-6-15(16)4-1)19-8-3-11-20-12-9-18-10-13-20/h1-2,4-7,14,18-19H,3,8-13H2. The van der Waals surface area contributed by atoms with E-state index in [4.69, 9.17) is 0 Å². The summed E-state index contributed by atoms with van der Waals surface area (Å²) in [6.45, 7) is 6.90. The van der Waals surface area contributed by atoms with E-state index in [0.717, 1.165) is 19.6 Å². The Morgan fingerprint density at radius 2 is 1.80 bits per heavy atom. The van der Waals surface area contributed by atoms with Gasteiger partial charge in [0.1, 0.15) is 0 Å². The van der Waals surface area contributed by atoms with Crippen molar-refractivity contribution < 1.29 is 0 Å². The Morgan fingerprint density at radius 1 is 1.00 bits per heavy atom. The SMILES string of the molecule is c1ccc2cc(NCCCN3CCNCC3)ccc2c1. The molecule has 3 nitrogen and oxygen atoms in total. The van der Waals surface area contributed by atoms with Crippen molar-refractivity contribution in [2.75, 3.05) is 44.6 Å². The van der Waals surface area contributed by atoms with Gasteiger partial charge in [0, 0.05) is 38.4 Å². The molecule has 1 saturated heterocycles. The molecule has 0 aliphatic carbocycles. The average molecular weight is 269 g/mol. The van der Waals surface area contributed by atoms with Crippen LogP contribution in [0.15, 0.2) is 42.5 Å². The van der Waals surface area contributed by atoms with Crippen molar-refractivity contribution in [3.63, 3.8) is 0 Å². The van der Waals surface area contributed by atoms with E-state index in [9.17, 15) is 0 Å². The molecule has 0 unspecified atom stereocenters. The van der Waals surface area contributed by atoms with Crippen molar-refractivity contribution in [1.29, 1.82) is 0 Å². The molecule has 0 aromatic heterocycles. The summed E-state index contributed by atoms with van der Waals surface area (Å²) in [6.07, 6.45) is 1.20. The van der Waals surface area contributed by atoms with Gasteiger partial charge in [0.15, 0.2) is 0 Å². The monoisotopic (exact) mass is 269 g/mol. The fourth-order valence-corrected chi connectivity index (χ4v) is 2.77. The summed E-state index contributed by atoms with van der Waals surface area (Å²) in [5.74, 6) is 0. The number of nitrogens with zero attached hydrogens (tertiary/aromatic N) is 1. The van der Waals surface area contributed by atoms with Crippen LogP contribution in [-0.4, -0.2) is 44.2 Å². The second-order valence-corrected chi connectivity index (χ2v) is 5.43. The zero-order valence-electron chi connectivity index (χ0n) is 11.9. The first-order valence-corrected chi connectivity index (χ1v) is 7.57. The molecule has 2 aromatic carbocycles. The molecule has 3 rings (SSSR count). The minimum absolute atomic E-state index is 1.04. The molecular formula is C17H23N3. The highest BCUT2D eigenvalue weighted by atomic mass is 15.2. The third-order valence-corrected chi connectivity index (χ3v) is 3.94. The first-order valence-electron chi connectivity index (χ1n) is 7.57. The van der Waals surface area contributed by atoms with E-state index >= 15 is 0 Å². The lowest BCUT2D eigenvalue weighted by atomic mass is 10.1. The van der Waals surface area contributed by atoms with Crippen LogP contribution in [0, 0.1) is 0 Å². The molecule has 0 spiro atoms. The fraction of sp³-hybridized carbons (Fsp3) is 0.412. The van der Waals surface area contributed by atoms with Crippen LogP contribution in [0.1, 0.15) is 6.42 Å². The quantitative estimate of drug-likeness (QED) is 0.817. The maximum Gasteiger partial charge on any atom is 0.0346 e. The predicted octanol–water partition coefficient (Wildman–Crippen LogP) is 2.55. The zero-order valence-corrected chi connectivity index (χ0v) is 11.9. The highest BCUT2D eigenvalue weighted by Crippen LogP contribution is 2.18. The smallest absolute Gasteiger partial charge is 0.0346 e. The summed E-state index contributed by atoms with van der Waals surface area (Å²) >= 11 is 0. The number of fused-ring (bicyclic) bond motifs is 1. The Bertz CT molecular complexity index is 547. The van der Waals surface area contributed by atoms with Gasteiger partial charge in [0.2, 0.25) is 0 Å². The third kappa shape index (κ3) is 3.50. The Balaban J connectivity index is 1.47. The third-order valence-electron chi connectivity index (χ3n) is 3.94. The maximum atomic E-state index is 3.53. The van der Waals surface area contributed by atoms with Crippen molar-refractivity contribution in [3.8, 4) is 0 Å². The zero-order chi connectivity index (χ0) is 13.6. The summed E-state index contributed by atoms with van der Waals surface area (Å²) in [4.78, 5) is 2.54. The average Bonchev–Trinajstić information content (AvgIpc) is 2.52. The number of piperazine rings is 1. The molecule has 2 aromatic rings. The number of anilines is 1. The van der Waals surface area contributed by atoms with Crippen LogP contribution in [0.25, 0.3) is 10.8 Å². The van der Waals surface area contributed by atoms with Gasteiger partial charge in [-0.2, -0.15) is 0 Å². The van der Waals surface area contributed by atoms with Crippen LogP contribution in [0.3, 0.4) is 0 Å². The Morgan fingerprint density at radius 3 is 2.65 bits per heavy atom. The molecular weight excluding hydrogens is 246 g/mol. The minimum Gasteiger partial charge on any atom is -0.385 e. The summed E-state index contributed by atoms with van der Waals surface area (Å²) < 4.78 is 0. The molecule has 20 heavy (non-hydrogen) atoms. The van der Waals surface area contributed by atoms with E-state index in [2.05, 4.69) is 58.0 Å². The fourth-order valence-electron chi connectivity index (χ4n) is 2.77. The molecule has 0 radical (unpaired) electrons. The van der Waals surface area contributed by atoms with Crippen molar-refractivity contribution >= 4 is 16.5 Å². The Hall–Kier alpha value is -1.58. The van der Waals surface area contributed by atoms with E-state index in [1.165, 1.54) is 42.5 Å². The van der Waals surface area contributed by atoms with Gasteiger partial charge in [0.05, 0.1) is 0 Å². The van der Waals surface area contributed by atoms with E-state index in [1.54, 1.807) is 0 Å². The molecule has 106 valence electrons. The first-order chi connectivity index (χ1) is 9.92. The molecule has 0 bridgehead atoms. The lowest BCUT2D eigenvalue weighted by Gasteiger charge is -2.27. The minimum atomic E-state index is 1.04. The van der Waals surface area contributed by atoms with Gasteiger partial charge in [-0.05, 0) is 35.9 Å². The van der Waals surface area contributed by atoms with Crippen molar-refractivity contribution in [3.05, 3.63) is 42.5 Å². The lowest BCUT2D eigenvalue weighted by Crippen LogP contribution is -2.44. The van der Waals surface area contributed by atoms with Crippen LogP contribution in [0.5, 0.6) is 0 Å². The van der Waals surface area contributed by atoms with Gasteiger partial charge >= 0.3 is 0 Å². The normalized spacial score (nSPS) is 16.4. The van der Waals surface area contributed by atoms with Crippen LogP contribution in [-0.2, 0) is 0 Å². The lowest BCUT2D eigenvalue weighted by molar-refractivity contribution is 0.240. The van der Waals surface area contributed by atoms with Gasteiger partial charge < -0.3 is 15.5 Å². The van der Waals surface area contributed by atoms with Crippen LogP contribution >= 0.6 is 0 Å². The largest absolute Gasteiger partial charge is 0.385 e. The molecule has 0 atom stereocenters. The highest BCUT2D eigenvalue weighted by Gasteiger charge is 2.07. The number of rotatable bonds is 5. The topological polar surface area (TPSA) is 27.3 Å². The van der Waals surface area contributed by atoms with Gasteiger partial charge in [-0.25, -0.2) is 0 Å². The molecule has 2 N–H and O–H groups in total. The first kappa shape index (κ1) is 13.4. The number of hydrogen-bond donors (Lipinski definition) is 2. The molecule has 0 saturated carbocycles. The highest BCUT2D eigenvalue weighted by molar-refractivity contribution is 5.85. The van der Waals surface area contributed by atoms with E-state index in [1.807, 2.05) is 0 Å². The molecule has 1 fully saturated rings. The van der Waals surface area contributed by atoms with E-state index in [-0.39, 0.29) is 0 Å². The van der Waals surface area contributed by atoms with E-state index < -0.39 is 0 Å². The van der Waals surface area contributed by atoms with Crippen LogP contribution < -0.4 is 10.6 Å². The van der Waals surface area contributed by atoms with Crippen LogP contribution in [0.2, 0.25) is 0 Å². The van der Waals surface area contributed by atoms with Gasteiger partial charge in [-0.3, -0.25) is 0 Å². The summed E-state index contributed by atoms with van der Waals surface area (Å²) in [5, 5.41) is 9.53. The molecule has 0 amide bonds. The Kier molecular flexibility index (Phi) is 4.51. The summed E-state index contributed by atoms with van der Waals surface area (Å²) in [7, 11) is 0. The van der Waals surface area contributed by atoms with Gasteiger partial charge in [0.25, 0.3) is 0 Å². The van der Waals surface area contributed by atoms with Gasteiger partial charge in [-0.15, -0.1) is 0 Å². The summed E-state index contributed by atoms with van der Waals surface area (Å²) in [6, 6.07) is 15.1. The van der Waals surface area contributed by atoms with Crippen molar-refractivity contribution in [1.82, 2.24) is 10.2 Å². The number of nitrogens with one attached hydrogen (secondary N) is 2. The van der Waals surface area contributed by atoms with Crippen molar-refractivity contribution in [2.45, 2.75) is 6.42 Å². The Labute approximate surface area is 121 Å². The van der Waals surface area contributed by atoms with Gasteiger partial charge in [-0.1, -0.05) is 30.3 Å². The van der Waals surface area contributed by atoms with Crippen molar-refractivity contribution in [2.24, 2.45) is 0 Å². The molecule has 1 aliphatic rings. The predicted molar refractivity (Wildman–Crippen MR) is 86.4 cm³/mol. The summed E-state index contributed by atoms with van der Waals surface area (Å²) in [5.41, 5.74) is 1.23. The maximum absolute atomic E-state index is 3.53. The number of benzene rings is 2. The molecule has 1 heterocycles.